The molecular weight excluding hydrogens is 318 g/mol. The second kappa shape index (κ2) is 8.14. The minimum Gasteiger partial charge on any atom is -0.207 e. The highest BCUT2D eigenvalue weighted by molar-refractivity contribution is 7.89. The molecule has 0 radical (unpaired) electrons. The van der Waals surface area contributed by atoms with Crippen molar-refractivity contribution in [2.24, 2.45) is 0 Å². The number of benzene rings is 2. The molecule has 126 valence electrons. The number of sulfonamides is 1. The van der Waals surface area contributed by atoms with Gasteiger partial charge in [-0.1, -0.05) is 60.9 Å². The zero-order valence-corrected chi connectivity index (χ0v) is 15.0. The molecule has 0 N–H and O–H groups in total. The standard InChI is InChI=1S/C20H23NO2S/c1-4-19(14-13-18-9-7-6-8-10-18)21(5-2)24(22,23)20-15-11-17(3)12-16-20/h1,6-12,15-16,19H,5,13-14H2,2-3H3. The Kier molecular flexibility index (Phi) is 6.19. The van der Waals surface area contributed by atoms with Gasteiger partial charge in [0, 0.05) is 6.54 Å². The number of nitrogens with zero attached hydrogens (tertiary/aromatic N) is 1. The third-order valence-corrected chi connectivity index (χ3v) is 6.03. The maximum absolute atomic E-state index is 12.9. The first kappa shape index (κ1) is 18.3. The average Bonchev–Trinajstić information content (AvgIpc) is 2.59. The van der Waals surface area contributed by atoms with Gasteiger partial charge in [-0.2, -0.15) is 4.31 Å². The molecule has 1 atom stereocenters. The first-order valence-electron chi connectivity index (χ1n) is 8.07. The smallest absolute Gasteiger partial charge is 0.207 e. The van der Waals surface area contributed by atoms with E-state index in [1.165, 1.54) is 4.31 Å². The van der Waals surface area contributed by atoms with Crippen LogP contribution >= 0.6 is 0 Å². The van der Waals surface area contributed by atoms with Gasteiger partial charge in [-0.15, -0.1) is 6.42 Å². The number of aryl methyl sites for hydroxylation is 2. The lowest BCUT2D eigenvalue weighted by Gasteiger charge is -2.26. The van der Waals surface area contributed by atoms with Crippen molar-refractivity contribution in [3.8, 4) is 12.3 Å². The molecule has 0 heterocycles. The molecule has 0 bridgehead atoms. The van der Waals surface area contributed by atoms with Crippen molar-refractivity contribution in [3.05, 3.63) is 65.7 Å². The predicted molar refractivity (Wildman–Crippen MR) is 98.1 cm³/mol. The lowest BCUT2D eigenvalue weighted by atomic mass is 10.1. The zero-order chi connectivity index (χ0) is 17.6. The van der Waals surface area contributed by atoms with E-state index in [-0.39, 0.29) is 4.90 Å². The van der Waals surface area contributed by atoms with E-state index >= 15 is 0 Å². The number of rotatable bonds is 7. The Morgan fingerprint density at radius 1 is 1.08 bits per heavy atom. The van der Waals surface area contributed by atoms with Gasteiger partial charge in [0.1, 0.15) is 0 Å². The van der Waals surface area contributed by atoms with Crippen molar-refractivity contribution in [2.75, 3.05) is 6.54 Å². The van der Waals surface area contributed by atoms with Crippen LogP contribution in [0.15, 0.2) is 59.5 Å². The first-order chi connectivity index (χ1) is 11.5. The molecule has 0 aliphatic carbocycles. The van der Waals surface area contributed by atoms with Gasteiger partial charge >= 0.3 is 0 Å². The Morgan fingerprint density at radius 2 is 1.71 bits per heavy atom. The van der Waals surface area contributed by atoms with Crippen molar-refractivity contribution in [1.82, 2.24) is 4.31 Å². The lowest BCUT2D eigenvalue weighted by molar-refractivity contribution is 0.370. The van der Waals surface area contributed by atoms with E-state index in [0.717, 1.165) is 17.5 Å². The van der Waals surface area contributed by atoms with Gasteiger partial charge in [0.15, 0.2) is 0 Å². The van der Waals surface area contributed by atoms with Crippen LogP contribution in [0.25, 0.3) is 0 Å². The maximum Gasteiger partial charge on any atom is 0.244 e. The van der Waals surface area contributed by atoms with Crippen LogP contribution in [0.1, 0.15) is 24.5 Å². The highest BCUT2D eigenvalue weighted by Crippen LogP contribution is 2.21. The summed E-state index contributed by atoms with van der Waals surface area (Å²) in [4.78, 5) is 0.287. The molecule has 0 aliphatic rings. The summed E-state index contributed by atoms with van der Waals surface area (Å²) in [5, 5.41) is 0. The van der Waals surface area contributed by atoms with Gasteiger partial charge in [0.05, 0.1) is 10.9 Å². The largest absolute Gasteiger partial charge is 0.244 e. The molecule has 24 heavy (non-hydrogen) atoms. The molecule has 4 heteroatoms. The van der Waals surface area contributed by atoms with E-state index in [4.69, 9.17) is 6.42 Å². The quantitative estimate of drug-likeness (QED) is 0.721. The van der Waals surface area contributed by atoms with E-state index in [9.17, 15) is 8.42 Å². The van der Waals surface area contributed by atoms with Crippen molar-refractivity contribution >= 4 is 10.0 Å². The van der Waals surface area contributed by atoms with Crippen LogP contribution in [0.4, 0.5) is 0 Å². The monoisotopic (exact) mass is 341 g/mol. The summed E-state index contributed by atoms with van der Waals surface area (Å²) in [7, 11) is -3.59. The molecule has 0 fully saturated rings. The normalized spacial score (nSPS) is 12.8. The van der Waals surface area contributed by atoms with Crippen molar-refractivity contribution in [2.45, 2.75) is 37.6 Å². The molecule has 3 nitrogen and oxygen atoms in total. The van der Waals surface area contributed by atoms with Crippen LogP contribution in [0.5, 0.6) is 0 Å². The lowest BCUT2D eigenvalue weighted by Crippen LogP contribution is -2.39. The Bertz CT molecular complexity index is 790. The minimum absolute atomic E-state index is 0.287. The minimum atomic E-state index is -3.59. The number of hydrogen-bond acceptors (Lipinski definition) is 2. The molecule has 0 saturated heterocycles. The van der Waals surface area contributed by atoms with Gasteiger partial charge < -0.3 is 0 Å². The Balaban J connectivity index is 2.20. The molecule has 0 spiro atoms. The van der Waals surface area contributed by atoms with Crippen LogP contribution in [-0.2, 0) is 16.4 Å². The summed E-state index contributed by atoms with van der Waals surface area (Å²) < 4.78 is 27.3. The van der Waals surface area contributed by atoms with Gasteiger partial charge in [0.2, 0.25) is 10.0 Å². The van der Waals surface area contributed by atoms with Crippen LogP contribution in [0.2, 0.25) is 0 Å². The Morgan fingerprint density at radius 3 is 2.25 bits per heavy atom. The van der Waals surface area contributed by atoms with Crippen LogP contribution in [-0.4, -0.2) is 25.3 Å². The molecule has 2 aromatic carbocycles. The van der Waals surface area contributed by atoms with Crippen LogP contribution < -0.4 is 0 Å². The average molecular weight is 341 g/mol. The highest BCUT2D eigenvalue weighted by atomic mass is 32.2. The Hall–Kier alpha value is -2.09. The molecule has 0 saturated carbocycles. The van der Waals surface area contributed by atoms with Crippen molar-refractivity contribution in [1.29, 1.82) is 0 Å². The van der Waals surface area contributed by atoms with E-state index in [1.54, 1.807) is 24.3 Å². The summed E-state index contributed by atoms with van der Waals surface area (Å²) in [6.07, 6.45) is 7.00. The maximum atomic E-state index is 12.9. The van der Waals surface area contributed by atoms with Gasteiger partial charge in [-0.05, 0) is 37.5 Å². The third kappa shape index (κ3) is 4.25. The molecule has 0 aromatic heterocycles. The van der Waals surface area contributed by atoms with E-state index in [2.05, 4.69) is 5.92 Å². The van der Waals surface area contributed by atoms with Crippen molar-refractivity contribution in [3.63, 3.8) is 0 Å². The fourth-order valence-electron chi connectivity index (χ4n) is 2.66. The third-order valence-electron chi connectivity index (χ3n) is 4.03. The van der Waals surface area contributed by atoms with Gasteiger partial charge in [-0.25, -0.2) is 8.42 Å². The van der Waals surface area contributed by atoms with E-state index in [0.29, 0.717) is 13.0 Å². The summed E-state index contributed by atoms with van der Waals surface area (Å²) in [6, 6.07) is 16.4. The highest BCUT2D eigenvalue weighted by Gasteiger charge is 2.28. The van der Waals surface area contributed by atoms with Crippen LogP contribution in [0.3, 0.4) is 0 Å². The Labute approximate surface area is 145 Å². The molecule has 2 rings (SSSR count). The topological polar surface area (TPSA) is 37.4 Å². The molecule has 0 aliphatic heterocycles. The summed E-state index contributed by atoms with van der Waals surface area (Å²) >= 11 is 0. The number of terminal acetylenes is 1. The predicted octanol–water partition coefficient (Wildman–Crippen LogP) is 3.64. The fourth-order valence-corrected chi connectivity index (χ4v) is 4.25. The van der Waals surface area contributed by atoms with E-state index < -0.39 is 16.1 Å². The van der Waals surface area contributed by atoms with Crippen LogP contribution in [0, 0.1) is 19.3 Å². The molecule has 0 amide bonds. The summed E-state index contributed by atoms with van der Waals surface area (Å²) in [5.74, 6) is 2.66. The molecule has 1 unspecified atom stereocenters. The first-order valence-corrected chi connectivity index (χ1v) is 9.51. The molecular formula is C20H23NO2S. The van der Waals surface area contributed by atoms with Gasteiger partial charge in [0.25, 0.3) is 0 Å². The zero-order valence-electron chi connectivity index (χ0n) is 14.1. The van der Waals surface area contributed by atoms with Crippen molar-refractivity contribution < 1.29 is 8.42 Å². The second-order valence-electron chi connectivity index (χ2n) is 5.73. The summed E-state index contributed by atoms with van der Waals surface area (Å²) in [6.45, 7) is 4.09. The van der Waals surface area contributed by atoms with E-state index in [1.807, 2.05) is 44.2 Å². The molecule has 2 aromatic rings. The van der Waals surface area contributed by atoms with Gasteiger partial charge in [-0.3, -0.25) is 0 Å². The fraction of sp³-hybridized carbons (Fsp3) is 0.300. The SMILES string of the molecule is C#CC(CCc1ccccc1)N(CC)S(=O)(=O)c1ccc(C)cc1. The number of hydrogen-bond donors (Lipinski definition) is 0. The second-order valence-corrected chi connectivity index (χ2v) is 7.62. The summed E-state index contributed by atoms with van der Waals surface area (Å²) in [5.41, 5.74) is 2.18.